The zero-order chi connectivity index (χ0) is 13.4. The van der Waals surface area contributed by atoms with Gasteiger partial charge in [0.2, 0.25) is 0 Å². The van der Waals surface area contributed by atoms with Crippen LogP contribution in [0.15, 0.2) is 24.3 Å². The number of fused-ring (bicyclic) bond motifs is 1. The fourth-order valence-electron chi connectivity index (χ4n) is 3.86. The van der Waals surface area contributed by atoms with E-state index in [0.717, 1.165) is 38.1 Å². The van der Waals surface area contributed by atoms with Gasteiger partial charge in [-0.15, -0.1) is 0 Å². The first-order valence-corrected chi connectivity index (χ1v) is 7.79. The molecule has 0 radical (unpaired) electrons. The van der Waals surface area contributed by atoms with Crippen molar-refractivity contribution in [2.24, 2.45) is 11.8 Å². The Balaban J connectivity index is 1.58. The molecule has 2 unspecified atom stereocenters. The van der Waals surface area contributed by atoms with E-state index in [0.29, 0.717) is 0 Å². The lowest BCUT2D eigenvalue weighted by Crippen LogP contribution is -2.37. The van der Waals surface area contributed by atoms with Crippen molar-refractivity contribution in [1.29, 1.82) is 0 Å². The van der Waals surface area contributed by atoms with Gasteiger partial charge in [-0.1, -0.05) is 12.1 Å². The van der Waals surface area contributed by atoms with Crippen LogP contribution in [-0.4, -0.2) is 52.5 Å². The summed E-state index contributed by atoms with van der Waals surface area (Å²) in [5, 5.41) is 3.52. The monoisotopic (exact) mass is 273 g/mol. The molecule has 3 aliphatic heterocycles. The van der Waals surface area contributed by atoms with E-state index in [1.165, 1.54) is 37.6 Å². The number of para-hydroxylation sites is 2. The molecule has 3 saturated heterocycles. The predicted octanol–water partition coefficient (Wildman–Crippen LogP) is 1.18. The number of nitrogens with zero attached hydrogens (tertiary/aromatic N) is 2. The molecule has 0 saturated carbocycles. The van der Waals surface area contributed by atoms with Gasteiger partial charge in [0.25, 0.3) is 0 Å². The first-order chi connectivity index (χ1) is 9.92. The smallest absolute Gasteiger partial charge is 0.0642 e. The molecule has 0 bridgehead atoms. The Kier molecular flexibility index (Phi) is 3.28. The molecule has 2 atom stereocenters. The molecule has 0 amide bonds. The number of nitrogens with one attached hydrogen (secondary N) is 1. The molecule has 0 aromatic heterocycles. The van der Waals surface area contributed by atoms with Crippen LogP contribution in [-0.2, 0) is 4.74 Å². The summed E-state index contributed by atoms with van der Waals surface area (Å²) >= 11 is 0. The molecule has 4 heteroatoms. The number of hydrogen-bond donors (Lipinski definition) is 1. The summed E-state index contributed by atoms with van der Waals surface area (Å²) in [6.45, 7) is 8.53. The van der Waals surface area contributed by atoms with E-state index in [9.17, 15) is 0 Å². The maximum atomic E-state index is 5.48. The summed E-state index contributed by atoms with van der Waals surface area (Å²) in [5.41, 5.74) is 2.81. The first-order valence-electron chi connectivity index (χ1n) is 7.79. The second-order valence-electron chi connectivity index (χ2n) is 6.17. The van der Waals surface area contributed by atoms with Crippen LogP contribution >= 0.6 is 0 Å². The number of ether oxygens (including phenoxy) is 1. The van der Waals surface area contributed by atoms with Gasteiger partial charge in [-0.3, -0.25) is 0 Å². The Morgan fingerprint density at radius 2 is 1.50 bits per heavy atom. The summed E-state index contributed by atoms with van der Waals surface area (Å²) in [6, 6.07) is 8.89. The summed E-state index contributed by atoms with van der Waals surface area (Å²) in [4.78, 5) is 5.08. The van der Waals surface area contributed by atoms with Crippen LogP contribution in [0.5, 0.6) is 0 Å². The molecule has 4 nitrogen and oxygen atoms in total. The van der Waals surface area contributed by atoms with E-state index >= 15 is 0 Å². The second-order valence-corrected chi connectivity index (χ2v) is 6.17. The molecular formula is C16H23N3O. The lowest BCUT2D eigenvalue weighted by molar-refractivity contribution is 0.122. The van der Waals surface area contributed by atoms with E-state index < -0.39 is 0 Å². The van der Waals surface area contributed by atoms with Gasteiger partial charge in [0, 0.05) is 39.3 Å². The Bertz CT molecular complexity index is 461. The van der Waals surface area contributed by atoms with Crippen molar-refractivity contribution in [2.75, 3.05) is 62.3 Å². The fraction of sp³-hybridized carbons (Fsp3) is 0.625. The van der Waals surface area contributed by atoms with Crippen LogP contribution in [0.3, 0.4) is 0 Å². The molecule has 3 heterocycles. The highest BCUT2D eigenvalue weighted by molar-refractivity contribution is 5.72. The molecule has 0 spiro atoms. The molecule has 4 rings (SSSR count). The molecule has 1 aromatic rings. The third-order valence-corrected chi connectivity index (χ3v) is 4.96. The Morgan fingerprint density at radius 3 is 2.15 bits per heavy atom. The topological polar surface area (TPSA) is 27.7 Å². The molecular weight excluding hydrogens is 250 g/mol. The van der Waals surface area contributed by atoms with E-state index in [1.807, 2.05) is 0 Å². The zero-order valence-corrected chi connectivity index (χ0v) is 11.9. The highest BCUT2D eigenvalue weighted by Gasteiger charge is 2.37. The number of morpholine rings is 1. The largest absolute Gasteiger partial charge is 0.378 e. The highest BCUT2D eigenvalue weighted by atomic mass is 16.5. The summed E-state index contributed by atoms with van der Waals surface area (Å²) in [7, 11) is 0. The minimum absolute atomic E-state index is 0.841. The number of rotatable bonds is 2. The number of hydrogen-bond acceptors (Lipinski definition) is 4. The van der Waals surface area contributed by atoms with Crippen molar-refractivity contribution in [3.8, 4) is 0 Å². The van der Waals surface area contributed by atoms with Crippen molar-refractivity contribution in [1.82, 2.24) is 5.32 Å². The van der Waals surface area contributed by atoms with Gasteiger partial charge in [-0.05, 0) is 24.0 Å². The Morgan fingerprint density at radius 1 is 0.900 bits per heavy atom. The zero-order valence-electron chi connectivity index (χ0n) is 11.9. The average molecular weight is 273 g/mol. The fourth-order valence-corrected chi connectivity index (χ4v) is 3.86. The molecule has 20 heavy (non-hydrogen) atoms. The lowest BCUT2D eigenvalue weighted by Gasteiger charge is -2.33. The van der Waals surface area contributed by atoms with Gasteiger partial charge in [0.05, 0.1) is 24.6 Å². The van der Waals surface area contributed by atoms with E-state index in [2.05, 4.69) is 39.4 Å². The standard InChI is InChI=1S/C16H23N3O/c1-2-4-16(15(3-1)18-5-7-20-8-6-18)19-11-13-9-17-10-14(13)12-19/h1-4,13-14,17H,5-12H2. The first kappa shape index (κ1) is 12.5. The number of anilines is 2. The highest BCUT2D eigenvalue weighted by Crippen LogP contribution is 2.36. The maximum Gasteiger partial charge on any atom is 0.0642 e. The molecule has 1 aromatic carbocycles. The van der Waals surface area contributed by atoms with Crippen molar-refractivity contribution in [3.05, 3.63) is 24.3 Å². The molecule has 3 aliphatic rings. The van der Waals surface area contributed by atoms with Crippen LogP contribution in [0.2, 0.25) is 0 Å². The van der Waals surface area contributed by atoms with Crippen LogP contribution < -0.4 is 15.1 Å². The summed E-state index contributed by atoms with van der Waals surface area (Å²) in [5.74, 6) is 1.68. The van der Waals surface area contributed by atoms with Crippen molar-refractivity contribution < 1.29 is 4.74 Å². The van der Waals surface area contributed by atoms with Crippen LogP contribution in [0.25, 0.3) is 0 Å². The third kappa shape index (κ3) is 2.17. The van der Waals surface area contributed by atoms with E-state index in [-0.39, 0.29) is 0 Å². The van der Waals surface area contributed by atoms with Crippen LogP contribution in [0.4, 0.5) is 11.4 Å². The van der Waals surface area contributed by atoms with Crippen molar-refractivity contribution >= 4 is 11.4 Å². The third-order valence-electron chi connectivity index (χ3n) is 4.96. The van der Waals surface area contributed by atoms with Crippen molar-refractivity contribution in [3.63, 3.8) is 0 Å². The summed E-state index contributed by atoms with van der Waals surface area (Å²) in [6.07, 6.45) is 0. The van der Waals surface area contributed by atoms with Gasteiger partial charge < -0.3 is 19.9 Å². The second kappa shape index (κ2) is 5.26. The number of benzene rings is 1. The Hall–Kier alpha value is -1.26. The van der Waals surface area contributed by atoms with E-state index in [4.69, 9.17) is 4.74 Å². The minimum Gasteiger partial charge on any atom is -0.378 e. The lowest BCUT2D eigenvalue weighted by atomic mass is 10.0. The maximum absolute atomic E-state index is 5.48. The van der Waals surface area contributed by atoms with Crippen LogP contribution in [0, 0.1) is 11.8 Å². The minimum atomic E-state index is 0.841. The van der Waals surface area contributed by atoms with Gasteiger partial charge >= 0.3 is 0 Å². The van der Waals surface area contributed by atoms with Gasteiger partial charge in [0.1, 0.15) is 0 Å². The molecule has 3 fully saturated rings. The van der Waals surface area contributed by atoms with E-state index in [1.54, 1.807) is 0 Å². The quantitative estimate of drug-likeness (QED) is 0.876. The van der Waals surface area contributed by atoms with Crippen molar-refractivity contribution in [2.45, 2.75) is 0 Å². The molecule has 1 N–H and O–H groups in total. The van der Waals surface area contributed by atoms with Gasteiger partial charge in [-0.25, -0.2) is 0 Å². The molecule has 108 valence electrons. The Labute approximate surface area is 120 Å². The molecule has 0 aliphatic carbocycles. The SMILES string of the molecule is c1ccc(N2CC3CNCC3C2)c(N2CCOCC2)c1. The van der Waals surface area contributed by atoms with Gasteiger partial charge in [0.15, 0.2) is 0 Å². The average Bonchev–Trinajstić information content (AvgIpc) is 3.09. The normalized spacial score (nSPS) is 29.8. The van der Waals surface area contributed by atoms with Crippen LogP contribution in [0.1, 0.15) is 0 Å². The predicted molar refractivity (Wildman–Crippen MR) is 81.5 cm³/mol. The van der Waals surface area contributed by atoms with Gasteiger partial charge in [-0.2, -0.15) is 0 Å². The summed E-state index contributed by atoms with van der Waals surface area (Å²) < 4.78 is 5.48.